The number of amides is 2. The predicted molar refractivity (Wildman–Crippen MR) is 146 cm³/mol. The van der Waals surface area contributed by atoms with Gasteiger partial charge in [-0.1, -0.05) is 101 Å². The molecule has 0 radical (unpaired) electrons. The van der Waals surface area contributed by atoms with Gasteiger partial charge in [-0.15, -0.1) is 0 Å². The molecule has 35 heavy (non-hydrogen) atoms. The van der Waals surface area contributed by atoms with Crippen molar-refractivity contribution in [1.82, 2.24) is 10.2 Å². The highest BCUT2D eigenvalue weighted by molar-refractivity contribution is 9.10. The zero-order valence-corrected chi connectivity index (χ0v) is 22.5. The van der Waals surface area contributed by atoms with Crippen LogP contribution in [-0.2, 0) is 29.0 Å². The lowest BCUT2D eigenvalue weighted by Crippen LogP contribution is -2.51. The fourth-order valence-electron chi connectivity index (χ4n) is 4.29. The summed E-state index contributed by atoms with van der Waals surface area (Å²) in [5.74, 6) is -0.155. The van der Waals surface area contributed by atoms with Crippen LogP contribution in [0.3, 0.4) is 0 Å². The zero-order chi connectivity index (χ0) is 25.2. The van der Waals surface area contributed by atoms with Crippen molar-refractivity contribution >= 4 is 27.7 Å². The number of carbonyl (C=O) groups is 2. The molecular weight excluding hydrogens is 500 g/mol. The molecule has 1 unspecified atom stereocenters. The smallest absolute Gasteiger partial charge is 0.243 e. The van der Waals surface area contributed by atoms with E-state index in [9.17, 15) is 9.59 Å². The molecular formula is C30H35BrN2O2. The van der Waals surface area contributed by atoms with E-state index in [1.165, 1.54) is 0 Å². The van der Waals surface area contributed by atoms with Crippen LogP contribution in [0.25, 0.3) is 0 Å². The maximum absolute atomic E-state index is 13.8. The third-order valence-electron chi connectivity index (χ3n) is 6.00. The number of nitrogens with zero attached hydrogens (tertiary/aromatic N) is 1. The second-order valence-corrected chi connectivity index (χ2v) is 10.1. The largest absolute Gasteiger partial charge is 0.354 e. The fraction of sp³-hybridized carbons (Fsp3) is 0.333. The predicted octanol–water partition coefficient (Wildman–Crippen LogP) is 6.16. The first kappa shape index (κ1) is 26.7. The second-order valence-electron chi connectivity index (χ2n) is 9.17. The minimum absolute atomic E-state index is 0.0514. The Hall–Kier alpha value is -2.92. The Kier molecular flexibility index (Phi) is 10.1. The third kappa shape index (κ3) is 8.36. The molecule has 0 fully saturated rings. The van der Waals surface area contributed by atoms with E-state index >= 15 is 0 Å². The van der Waals surface area contributed by atoms with Crippen LogP contribution in [0.1, 0.15) is 47.6 Å². The molecule has 0 heterocycles. The second kappa shape index (κ2) is 13.2. The van der Waals surface area contributed by atoms with Gasteiger partial charge in [-0.25, -0.2) is 0 Å². The molecule has 0 aliphatic heterocycles. The number of unbranched alkanes of at least 4 members (excludes halogenated alkanes) is 1. The quantitative estimate of drug-likeness (QED) is 0.299. The van der Waals surface area contributed by atoms with Gasteiger partial charge in [0.1, 0.15) is 6.04 Å². The van der Waals surface area contributed by atoms with Crippen molar-refractivity contribution in [2.24, 2.45) is 0 Å². The lowest BCUT2D eigenvalue weighted by Gasteiger charge is -2.32. The fourth-order valence-corrected chi connectivity index (χ4v) is 4.56. The molecule has 1 N–H and O–H groups in total. The van der Waals surface area contributed by atoms with Crippen LogP contribution in [0.4, 0.5) is 0 Å². The molecule has 0 aliphatic rings. The van der Waals surface area contributed by atoms with E-state index in [0.717, 1.165) is 45.1 Å². The zero-order valence-electron chi connectivity index (χ0n) is 20.9. The Balaban J connectivity index is 1.95. The highest BCUT2D eigenvalue weighted by atomic mass is 79.9. The van der Waals surface area contributed by atoms with Crippen molar-refractivity contribution in [3.8, 4) is 0 Å². The maximum Gasteiger partial charge on any atom is 0.243 e. The van der Waals surface area contributed by atoms with Gasteiger partial charge < -0.3 is 10.2 Å². The molecule has 3 aromatic rings. The Labute approximate surface area is 217 Å². The van der Waals surface area contributed by atoms with E-state index in [1.54, 1.807) is 4.90 Å². The lowest BCUT2D eigenvalue weighted by atomic mass is 10.00. The van der Waals surface area contributed by atoms with Gasteiger partial charge >= 0.3 is 0 Å². The standard InChI is InChI=1S/C30H35BrN2O2/c1-4-5-15-32-30(35)28(19-24-9-7-6-8-10-24)33(21-25-11-13-27(31)14-12-25)29(34)20-26-17-22(2)16-23(3)18-26/h6-14,16-18,28H,4-5,15,19-21H2,1-3H3,(H,32,35). The molecule has 3 aromatic carbocycles. The van der Waals surface area contributed by atoms with Crippen molar-refractivity contribution in [2.45, 2.75) is 59.0 Å². The van der Waals surface area contributed by atoms with Gasteiger partial charge in [0.05, 0.1) is 6.42 Å². The normalized spacial score (nSPS) is 11.7. The first-order chi connectivity index (χ1) is 16.9. The van der Waals surface area contributed by atoms with E-state index in [2.05, 4.69) is 46.4 Å². The Morgan fingerprint density at radius 2 is 1.54 bits per heavy atom. The van der Waals surface area contributed by atoms with Crippen molar-refractivity contribution < 1.29 is 9.59 Å². The summed E-state index contributed by atoms with van der Waals surface area (Å²) < 4.78 is 0.979. The topological polar surface area (TPSA) is 49.4 Å². The average Bonchev–Trinajstić information content (AvgIpc) is 2.82. The van der Waals surface area contributed by atoms with Crippen LogP contribution in [-0.4, -0.2) is 29.3 Å². The van der Waals surface area contributed by atoms with E-state index in [4.69, 9.17) is 0 Å². The first-order valence-corrected chi connectivity index (χ1v) is 13.1. The summed E-state index contributed by atoms with van der Waals surface area (Å²) in [4.78, 5) is 29.0. The van der Waals surface area contributed by atoms with Crippen molar-refractivity contribution in [3.63, 3.8) is 0 Å². The van der Waals surface area contributed by atoms with Gasteiger partial charge in [0.15, 0.2) is 0 Å². The summed E-state index contributed by atoms with van der Waals surface area (Å²) in [5, 5.41) is 3.08. The Morgan fingerprint density at radius 3 is 2.17 bits per heavy atom. The average molecular weight is 536 g/mol. The summed E-state index contributed by atoms with van der Waals surface area (Å²) in [7, 11) is 0. The van der Waals surface area contributed by atoms with E-state index in [-0.39, 0.29) is 18.2 Å². The monoisotopic (exact) mass is 534 g/mol. The van der Waals surface area contributed by atoms with Crippen molar-refractivity contribution in [2.75, 3.05) is 6.54 Å². The summed E-state index contributed by atoms with van der Waals surface area (Å²) in [6.07, 6.45) is 2.63. The number of rotatable bonds is 11. The molecule has 1 atom stereocenters. The maximum atomic E-state index is 13.8. The van der Waals surface area contributed by atoms with Gasteiger partial charge in [0.25, 0.3) is 0 Å². The highest BCUT2D eigenvalue weighted by Gasteiger charge is 2.30. The SMILES string of the molecule is CCCCNC(=O)C(Cc1ccccc1)N(Cc1ccc(Br)cc1)C(=O)Cc1cc(C)cc(C)c1. The molecule has 184 valence electrons. The van der Waals surface area contributed by atoms with Gasteiger partial charge in [0.2, 0.25) is 11.8 Å². The number of halogens is 1. The third-order valence-corrected chi connectivity index (χ3v) is 6.53. The van der Waals surface area contributed by atoms with Crippen LogP contribution >= 0.6 is 15.9 Å². The van der Waals surface area contributed by atoms with Crippen LogP contribution in [0.15, 0.2) is 77.3 Å². The van der Waals surface area contributed by atoms with Crippen LogP contribution in [0.2, 0.25) is 0 Å². The van der Waals surface area contributed by atoms with Crippen LogP contribution in [0, 0.1) is 13.8 Å². The number of nitrogens with one attached hydrogen (secondary N) is 1. The molecule has 0 aliphatic carbocycles. The minimum Gasteiger partial charge on any atom is -0.354 e. The summed E-state index contributed by atoms with van der Waals surface area (Å²) in [6, 6.07) is 23.5. The molecule has 5 heteroatoms. The highest BCUT2D eigenvalue weighted by Crippen LogP contribution is 2.19. The Morgan fingerprint density at radius 1 is 0.886 bits per heavy atom. The van der Waals surface area contributed by atoms with E-state index in [1.807, 2.05) is 68.4 Å². The summed E-state index contributed by atoms with van der Waals surface area (Å²) in [5.41, 5.74) is 5.25. The molecule has 2 amide bonds. The Bertz CT molecular complexity index is 1090. The number of hydrogen-bond acceptors (Lipinski definition) is 2. The summed E-state index contributed by atoms with van der Waals surface area (Å²) in [6.45, 7) is 7.16. The molecule has 0 saturated heterocycles. The minimum atomic E-state index is -0.601. The number of aryl methyl sites for hydroxylation is 2. The molecule has 4 nitrogen and oxygen atoms in total. The number of hydrogen-bond donors (Lipinski definition) is 1. The molecule has 0 aromatic heterocycles. The molecule has 0 saturated carbocycles. The number of benzene rings is 3. The van der Waals surface area contributed by atoms with E-state index in [0.29, 0.717) is 19.5 Å². The van der Waals surface area contributed by atoms with Crippen LogP contribution in [0.5, 0.6) is 0 Å². The first-order valence-electron chi connectivity index (χ1n) is 12.3. The van der Waals surface area contributed by atoms with Crippen molar-refractivity contribution in [3.05, 3.63) is 105 Å². The van der Waals surface area contributed by atoms with Gasteiger partial charge in [-0.2, -0.15) is 0 Å². The van der Waals surface area contributed by atoms with E-state index < -0.39 is 6.04 Å². The lowest BCUT2D eigenvalue weighted by molar-refractivity contribution is -0.140. The van der Waals surface area contributed by atoms with Gasteiger partial charge in [-0.3, -0.25) is 9.59 Å². The van der Waals surface area contributed by atoms with Gasteiger partial charge in [-0.05, 0) is 49.1 Å². The molecule has 3 rings (SSSR count). The molecule has 0 spiro atoms. The number of carbonyl (C=O) groups excluding carboxylic acids is 2. The van der Waals surface area contributed by atoms with Gasteiger partial charge in [0, 0.05) is 24.0 Å². The van der Waals surface area contributed by atoms with Crippen LogP contribution < -0.4 is 5.32 Å². The summed E-state index contributed by atoms with van der Waals surface area (Å²) >= 11 is 3.49. The molecule has 0 bridgehead atoms. The van der Waals surface area contributed by atoms with Crippen molar-refractivity contribution in [1.29, 1.82) is 0 Å².